The minimum absolute atomic E-state index is 0.141. The molecular weight excluding hydrogens is 299 g/mol. The molecule has 1 aromatic carbocycles. The number of likely N-dealkylation sites (tertiary alicyclic amines) is 1. The van der Waals surface area contributed by atoms with Crippen molar-refractivity contribution in [3.63, 3.8) is 0 Å². The Morgan fingerprint density at radius 1 is 1.35 bits per heavy atom. The van der Waals surface area contributed by atoms with Crippen LogP contribution in [0.1, 0.15) is 25.7 Å². The number of halogens is 1. The Labute approximate surface area is 134 Å². The number of carboxylic acid groups (broad SMARTS) is 1. The Kier molecular flexibility index (Phi) is 4.35. The highest BCUT2D eigenvalue weighted by atomic mass is 19.1. The molecule has 0 radical (unpaired) electrons. The van der Waals surface area contributed by atoms with Crippen molar-refractivity contribution < 1.29 is 19.1 Å². The average molecular weight is 320 g/mol. The van der Waals surface area contributed by atoms with E-state index in [2.05, 4.69) is 10.2 Å². The van der Waals surface area contributed by atoms with E-state index in [-0.39, 0.29) is 17.6 Å². The molecule has 2 N–H and O–H groups in total. The van der Waals surface area contributed by atoms with Gasteiger partial charge in [-0.05, 0) is 43.0 Å². The van der Waals surface area contributed by atoms with Crippen molar-refractivity contribution in [2.45, 2.75) is 25.7 Å². The second-order valence-corrected chi connectivity index (χ2v) is 6.59. The molecule has 1 saturated carbocycles. The van der Waals surface area contributed by atoms with Crippen molar-refractivity contribution in [1.29, 1.82) is 0 Å². The predicted octanol–water partition coefficient (Wildman–Crippen LogP) is 2.34. The quantitative estimate of drug-likeness (QED) is 0.874. The van der Waals surface area contributed by atoms with Crippen molar-refractivity contribution in [3.8, 4) is 0 Å². The number of rotatable bonds is 5. The molecule has 2 fully saturated rings. The number of carbonyl (C=O) groups is 2. The largest absolute Gasteiger partial charge is 0.481 e. The molecule has 1 heterocycles. The van der Waals surface area contributed by atoms with Gasteiger partial charge in [-0.2, -0.15) is 0 Å². The van der Waals surface area contributed by atoms with Gasteiger partial charge in [0.1, 0.15) is 5.82 Å². The van der Waals surface area contributed by atoms with Crippen LogP contribution in [0.4, 0.5) is 10.1 Å². The molecule has 1 aliphatic heterocycles. The molecule has 1 aliphatic carbocycles. The maximum absolute atomic E-state index is 12.8. The lowest BCUT2D eigenvalue weighted by Crippen LogP contribution is -2.36. The molecule has 23 heavy (non-hydrogen) atoms. The Hall–Kier alpha value is -1.95. The highest BCUT2D eigenvalue weighted by molar-refractivity contribution is 5.90. The normalized spacial score (nSPS) is 26.9. The number of fused-ring (bicyclic) bond motifs is 1. The second-order valence-electron chi connectivity index (χ2n) is 6.59. The van der Waals surface area contributed by atoms with Gasteiger partial charge in [0.05, 0.1) is 5.41 Å². The van der Waals surface area contributed by atoms with Crippen LogP contribution in [0.25, 0.3) is 0 Å². The van der Waals surface area contributed by atoms with Gasteiger partial charge in [0.15, 0.2) is 0 Å². The number of benzene rings is 1. The summed E-state index contributed by atoms with van der Waals surface area (Å²) in [6.45, 7) is 1.85. The molecule has 5 nitrogen and oxygen atoms in total. The van der Waals surface area contributed by atoms with Crippen LogP contribution in [0.3, 0.4) is 0 Å². The van der Waals surface area contributed by atoms with E-state index >= 15 is 0 Å². The first-order valence-corrected chi connectivity index (χ1v) is 8.01. The molecule has 1 aromatic rings. The summed E-state index contributed by atoms with van der Waals surface area (Å²) in [6.07, 6.45) is 2.99. The monoisotopic (exact) mass is 320 g/mol. The summed E-state index contributed by atoms with van der Waals surface area (Å²) in [5, 5.41) is 12.3. The van der Waals surface area contributed by atoms with E-state index in [1.807, 2.05) is 0 Å². The summed E-state index contributed by atoms with van der Waals surface area (Å²) in [6, 6.07) is 5.64. The number of amides is 1. The van der Waals surface area contributed by atoms with Gasteiger partial charge in [0.2, 0.25) is 5.91 Å². The van der Waals surface area contributed by atoms with Gasteiger partial charge < -0.3 is 15.3 Å². The topological polar surface area (TPSA) is 69.6 Å². The Balaban J connectivity index is 1.50. The Bertz CT molecular complexity index is 604. The smallest absolute Gasteiger partial charge is 0.311 e. The number of hydrogen-bond acceptors (Lipinski definition) is 3. The molecule has 2 atom stereocenters. The van der Waals surface area contributed by atoms with E-state index in [9.17, 15) is 19.1 Å². The van der Waals surface area contributed by atoms with Crippen LogP contribution in [0.2, 0.25) is 0 Å². The van der Waals surface area contributed by atoms with Crippen molar-refractivity contribution in [2.75, 3.05) is 25.0 Å². The van der Waals surface area contributed by atoms with Gasteiger partial charge in [-0.25, -0.2) is 4.39 Å². The zero-order valence-corrected chi connectivity index (χ0v) is 12.9. The molecular formula is C17H21FN2O3. The number of aliphatic carboxylic acids is 1. The Morgan fingerprint density at radius 2 is 2.09 bits per heavy atom. The van der Waals surface area contributed by atoms with Crippen molar-refractivity contribution in [3.05, 3.63) is 30.1 Å². The van der Waals surface area contributed by atoms with E-state index in [0.717, 1.165) is 25.8 Å². The number of carboxylic acids is 1. The van der Waals surface area contributed by atoms with E-state index in [1.54, 1.807) is 0 Å². The minimum Gasteiger partial charge on any atom is -0.481 e. The fourth-order valence-corrected chi connectivity index (χ4v) is 3.93. The van der Waals surface area contributed by atoms with Gasteiger partial charge in [0.25, 0.3) is 0 Å². The summed E-state index contributed by atoms with van der Waals surface area (Å²) in [4.78, 5) is 25.7. The first kappa shape index (κ1) is 15.9. The lowest BCUT2D eigenvalue weighted by atomic mass is 9.81. The van der Waals surface area contributed by atoms with Crippen LogP contribution in [-0.2, 0) is 9.59 Å². The third-order valence-electron chi connectivity index (χ3n) is 5.15. The summed E-state index contributed by atoms with van der Waals surface area (Å²) >= 11 is 0. The van der Waals surface area contributed by atoms with Crippen LogP contribution in [0.5, 0.6) is 0 Å². The van der Waals surface area contributed by atoms with Crippen LogP contribution >= 0.6 is 0 Å². The fraction of sp³-hybridized carbons (Fsp3) is 0.529. The lowest BCUT2D eigenvalue weighted by Gasteiger charge is -2.23. The zero-order valence-electron chi connectivity index (χ0n) is 12.9. The first-order chi connectivity index (χ1) is 11.0. The highest BCUT2D eigenvalue weighted by Gasteiger charge is 2.54. The molecule has 1 saturated heterocycles. The van der Waals surface area contributed by atoms with Crippen LogP contribution < -0.4 is 5.32 Å². The number of anilines is 1. The van der Waals surface area contributed by atoms with E-state index in [4.69, 9.17) is 0 Å². The highest BCUT2D eigenvalue weighted by Crippen LogP contribution is 2.48. The fourth-order valence-electron chi connectivity index (χ4n) is 3.93. The number of nitrogens with zero attached hydrogens (tertiary/aromatic N) is 1. The maximum atomic E-state index is 12.8. The minimum atomic E-state index is -0.696. The van der Waals surface area contributed by atoms with Crippen molar-refractivity contribution in [2.24, 2.45) is 11.3 Å². The van der Waals surface area contributed by atoms with Crippen LogP contribution in [-0.4, -0.2) is 41.5 Å². The summed E-state index contributed by atoms with van der Waals surface area (Å²) in [7, 11) is 0. The third kappa shape index (κ3) is 3.22. The maximum Gasteiger partial charge on any atom is 0.311 e. The molecule has 124 valence electrons. The van der Waals surface area contributed by atoms with Gasteiger partial charge in [-0.1, -0.05) is 6.42 Å². The molecule has 2 aliphatic rings. The van der Waals surface area contributed by atoms with Gasteiger partial charge >= 0.3 is 5.97 Å². The predicted molar refractivity (Wildman–Crippen MR) is 83.5 cm³/mol. The molecule has 6 heteroatoms. The van der Waals surface area contributed by atoms with E-state index in [1.165, 1.54) is 24.3 Å². The molecule has 0 aromatic heterocycles. The van der Waals surface area contributed by atoms with Crippen molar-refractivity contribution >= 4 is 17.6 Å². The molecule has 0 bridgehead atoms. The SMILES string of the molecule is O=C(CCN1C[C@@H]2CCC[C@@]2(C(=O)O)C1)Nc1ccc(F)cc1. The van der Waals surface area contributed by atoms with Crippen LogP contribution in [0.15, 0.2) is 24.3 Å². The second kappa shape index (κ2) is 6.28. The van der Waals surface area contributed by atoms with Crippen LogP contribution in [0, 0.1) is 17.2 Å². The zero-order chi connectivity index (χ0) is 16.4. The molecule has 3 rings (SSSR count). The first-order valence-electron chi connectivity index (χ1n) is 8.01. The summed E-state index contributed by atoms with van der Waals surface area (Å²) in [5.74, 6) is -0.970. The van der Waals surface area contributed by atoms with Crippen molar-refractivity contribution in [1.82, 2.24) is 4.90 Å². The third-order valence-corrected chi connectivity index (χ3v) is 5.15. The summed E-state index contributed by atoms with van der Waals surface area (Å²) < 4.78 is 12.8. The number of nitrogens with one attached hydrogen (secondary N) is 1. The van der Waals surface area contributed by atoms with E-state index < -0.39 is 11.4 Å². The standard InChI is InChI=1S/C17H21FN2O3/c18-13-3-5-14(6-4-13)19-15(21)7-9-20-10-12-2-1-8-17(12,11-20)16(22)23/h3-6,12H,1-2,7-11H2,(H,19,21)(H,22,23)/t12-,17+/m0/s1. The Morgan fingerprint density at radius 3 is 2.74 bits per heavy atom. The van der Waals surface area contributed by atoms with Gasteiger partial charge in [0, 0.05) is 31.7 Å². The molecule has 1 amide bonds. The molecule has 0 spiro atoms. The lowest BCUT2D eigenvalue weighted by molar-refractivity contribution is -0.149. The summed E-state index contributed by atoms with van der Waals surface area (Å²) in [5.41, 5.74) is -0.0374. The number of carbonyl (C=O) groups excluding carboxylic acids is 1. The number of hydrogen-bond donors (Lipinski definition) is 2. The van der Waals surface area contributed by atoms with Gasteiger partial charge in [-0.15, -0.1) is 0 Å². The van der Waals surface area contributed by atoms with Gasteiger partial charge in [-0.3, -0.25) is 9.59 Å². The molecule has 0 unspecified atom stereocenters. The average Bonchev–Trinajstić information content (AvgIpc) is 3.05. The van der Waals surface area contributed by atoms with E-state index in [0.29, 0.717) is 25.2 Å².